The number of aromatic nitrogens is 1. The number of anilines is 2. The van der Waals surface area contributed by atoms with Crippen LogP contribution in [0.25, 0.3) is 0 Å². The van der Waals surface area contributed by atoms with Crippen LogP contribution in [0.3, 0.4) is 0 Å². The first-order valence-electron chi connectivity index (χ1n) is 9.14. The lowest BCUT2D eigenvalue weighted by molar-refractivity contribution is -0.137. The van der Waals surface area contributed by atoms with Crippen molar-refractivity contribution >= 4 is 17.4 Å². The molecule has 0 unspecified atom stereocenters. The molecule has 1 amide bonds. The summed E-state index contributed by atoms with van der Waals surface area (Å²) in [5.74, 6) is 0.190. The monoisotopic (exact) mass is 399 g/mol. The van der Waals surface area contributed by atoms with Gasteiger partial charge in [0.25, 0.3) is 5.91 Å². The molecule has 0 aliphatic rings. The van der Waals surface area contributed by atoms with Gasteiger partial charge in [-0.2, -0.15) is 13.2 Å². The summed E-state index contributed by atoms with van der Waals surface area (Å²) in [6.07, 6.45) is -1.00. The Morgan fingerprint density at radius 2 is 1.66 bits per heavy atom. The van der Waals surface area contributed by atoms with Crippen molar-refractivity contribution in [1.82, 2.24) is 4.98 Å². The van der Waals surface area contributed by atoms with E-state index >= 15 is 0 Å². The molecule has 0 aliphatic carbocycles. The summed E-state index contributed by atoms with van der Waals surface area (Å²) < 4.78 is 37.8. The molecule has 0 spiro atoms. The minimum atomic E-state index is -4.43. The average molecular weight is 399 g/mol. The van der Waals surface area contributed by atoms with E-state index in [0.717, 1.165) is 43.7 Å². The van der Waals surface area contributed by atoms with Gasteiger partial charge in [-0.1, -0.05) is 30.3 Å². The number of alkyl halides is 3. The van der Waals surface area contributed by atoms with Crippen LogP contribution in [0.15, 0.2) is 72.9 Å². The van der Waals surface area contributed by atoms with E-state index in [1.807, 2.05) is 18.2 Å². The maximum Gasteiger partial charge on any atom is 0.416 e. The number of hydrogen-bond acceptors (Lipinski definition) is 3. The molecule has 0 bridgehead atoms. The van der Waals surface area contributed by atoms with Gasteiger partial charge in [-0.05, 0) is 54.8 Å². The van der Waals surface area contributed by atoms with Crippen LogP contribution < -0.4 is 10.6 Å². The van der Waals surface area contributed by atoms with E-state index in [4.69, 9.17) is 0 Å². The maximum absolute atomic E-state index is 12.6. The zero-order valence-corrected chi connectivity index (χ0v) is 15.5. The van der Waals surface area contributed by atoms with E-state index in [2.05, 4.69) is 27.8 Å². The van der Waals surface area contributed by atoms with Gasteiger partial charge in [0.1, 0.15) is 5.82 Å². The highest BCUT2D eigenvalue weighted by molar-refractivity contribution is 6.04. The maximum atomic E-state index is 12.6. The molecular weight excluding hydrogens is 379 g/mol. The molecule has 3 aromatic rings. The van der Waals surface area contributed by atoms with E-state index in [-0.39, 0.29) is 5.56 Å². The van der Waals surface area contributed by atoms with Crippen LogP contribution >= 0.6 is 0 Å². The van der Waals surface area contributed by atoms with E-state index in [1.54, 1.807) is 12.1 Å². The van der Waals surface area contributed by atoms with Crippen molar-refractivity contribution in [1.29, 1.82) is 0 Å². The Morgan fingerprint density at radius 3 is 2.28 bits per heavy atom. The van der Waals surface area contributed by atoms with Gasteiger partial charge in [0.15, 0.2) is 0 Å². The molecule has 0 aliphatic heterocycles. The third kappa shape index (κ3) is 6.07. The first-order chi connectivity index (χ1) is 13.9. The molecule has 2 N–H and O–H groups in total. The van der Waals surface area contributed by atoms with Crippen LogP contribution in [0.4, 0.5) is 24.7 Å². The molecule has 2 aromatic carbocycles. The number of benzene rings is 2. The van der Waals surface area contributed by atoms with Crippen molar-refractivity contribution in [3.05, 3.63) is 89.6 Å². The Kier molecular flexibility index (Phi) is 6.49. The number of pyridine rings is 1. The summed E-state index contributed by atoms with van der Waals surface area (Å²) >= 11 is 0. The number of carbonyl (C=O) groups is 1. The Bertz CT molecular complexity index is 924. The quantitative estimate of drug-likeness (QED) is 0.523. The second-order valence-corrected chi connectivity index (χ2v) is 6.48. The van der Waals surface area contributed by atoms with Crippen LogP contribution in [0.2, 0.25) is 0 Å². The second-order valence-electron chi connectivity index (χ2n) is 6.48. The lowest BCUT2D eigenvalue weighted by Crippen LogP contribution is -2.13. The van der Waals surface area contributed by atoms with E-state index in [0.29, 0.717) is 11.5 Å². The number of carbonyl (C=O) groups excluding carboxylic acids is 1. The van der Waals surface area contributed by atoms with Gasteiger partial charge in [-0.25, -0.2) is 4.98 Å². The van der Waals surface area contributed by atoms with Gasteiger partial charge in [-0.3, -0.25) is 4.79 Å². The summed E-state index contributed by atoms with van der Waals surface area (Å²) in [5.41, 5.74) is 1.09. The average Bonchev–Trinajstić information content (AvgIpc) is 2.72. The van der Waals surface area contributed by atoms with Crippen molar-refractivity contribution in [2.45, 2.75) is 19.0 Å². The lowest BCUT2D eigenvalue weighted by Gasteiger charge is -2.09. The standard InChI is InChI=1S/C22H20F3N3O/c23-22(24,25)18-10-8-17(9-11-18)21(29)28-19-12-13-20(27-15-19)26-14-4-7-16-5-2-1-3-6-16/h1-3,5-6,8-13,15H,4,7,14H2,(H,26,27)(H,28,29). The molecule has 7 heteroatoms. The molecule has 0 radical (unpaired) electrons. The van der Waals surface area contributed by atoms with Crippen molar-refractivity contribution in [3.63, 3.8) is 0 Å². The third-order valence-corrected chi connectivity index (χ3v) is 4.29. The topological polar surface area (TPSA) is 54.0 Å². The van der Waals surface area contributed by atoms with Gasteiger partial charge in [0, 0.05) is 12.1 Å². The Labute approximate surface area is 166 Å². The molecule has 0 saturated heterocycles. The van der Waals surface area contributed by atoms with Gasteiger partial charge in [0.2, 0.25) is 0 Å². The normalized spacial score (nSPS) is 11.1. The number of rotatable bonds is 7. The first kappa shape index (κ1) is 20.4. The summed E-state index contributed by atoms with van der Waals surface area (Å²) in [7, 11) is 0. The molecule has 0 atom stereocenters. The third-order valence-electron chi connectivity index (χ3n) is 4.29. The highest BCUT2D eigenvalue weighted by atomic mass is 19.4. The molecule has 4 nitrogen and oxygen atoms in total. The molecule has 0 saturated carbocycles. The van der Waals surface area contributed by atoms with Gasteiger partial charge < -0.3 is 10.6 Å². The SMILES string of the molecule is O=C(Nc1ccc(NCCCc2ccccc2)nc1)c1ccc(C(F)(F)F)cc1. The predicted octanol–water partition coefficient (Wildman–Crippen LogP) is 5.40. The van der Waals surface area contributed by atoms with E-state index in [1.165, 1.54) is 11.8 Å². The van der Waals surface area contributed by atoms with Crippen LogP contribution in [-0.2, 0) is 12.6 Å². The molecule has 150 valence electrons. The highest BCUT2D eigenvalue weighted by Crippen LogP contribution is 2.29. The number of aryl methyl sites for hydroxylation is 1. The van der Waals surface area contributed by atoms with Crippen molar-refractivity contribution < 1.29 is 18.0 Å². The fraction of sp³-hybridized carbons (Fsp3) is 0.182. The van der Waals surface area contributed by atoms with Crippen LogP contribution in [0.1, 0.15) is 27.9 Å². The Morgan fingerprint density at radius 1 is 0.931 bits per heavy atom. The van der Waals surface area contributed by atoms with E-state index < -0.39 is 17.6 Å². The van der Waals surface area contributed by atoms with Crippen molar-refractivity contribution in [2.75, 3.05) is 17.2 Å². The van der Waals surface area contributed by atoms with Gasteiger partial charge in [0.05, 0.1) is 17.4 Å². The predicted molar refractivity (Wildman–Crippen MR) is 107 cm³/mol. The summed E-state index contributed by atoms with van der Waals surface area (Å²) in [6.45, 7) is 0.763. The zero-order chi connectivity index (χ0) is 20.7. The number of amides is 1. The van der Waals surface area contributed by atoms with Crippen molar-refractivity contribution in [2.24, 2.45) is 0 Å². The molecular formula is C22H20F3N3O. The summed E-state index contributed by atoms with van der Waals surface area (Å²) in [6, 6.07) is 17.7. The largest absolute Gasteiger partial charge is 0.416 e. The second kappa shape index (κ2) is 9.23. The number of nitrogens with one attached hydrogen (secondary N) is 2. The molecule has 3 rings (SSSR count). The first-order valence-corrected chi connectivity index (χ1v) is 9.14. The molecule has 1 aromatic heterocycles. The fourth-order valence-corrected chi connectivity index (χ4v) is 2.74. The summed E-state index contributed by atoms with van der Waals surface area (Å²) in [4.78, 5) is 16.4. The minimum absolute atomic E-state index is 0.140. The number of nitrogens with zero attached hydrogens (tertiary/aromatic N) is 1. The van der Waals surface area contributed by atoms with Crippen LogP contribution in [0.5, 0.6) is 0 Å². The molecule has 1 heterocycles. The van der Waals surface area contributed by atoms with Crippen LogP contribution in [0, 0.1) is 0 Å². The highest BCUT2D eigenvalue weighted by Gasteiger charge is 2.30. The fourth-order valence-electron chi connectivity index (χ4n) is 2.74. The molecule has 29 heavy (non-hydrogen) atoms. The summed E-state index contributed by atoms with van der Waals surface area (Å²) in [5, 5.41) is 5.84. The Balaban J connectivity index is 1.47. The van der Waals surface area contributed by atoms with Crippen LogP contribution in [-0.4, -0.2) is 17.4 Å². The minimum Gasteiger partial charge on any atom is -0.370 e. The van der Waals surface area contributed by atoms with E-state index in [9.17, 15) is 18.0 Å². The Hall–Kier alpha value is -3.35. The molecule has 0 fully saturated rings. The number of hydrogen-bond donors (Lipinski definition) is 2. The lowest BCUT2D eigenvalue weighted by atomic mass is 10.1. The number of halogens is 3. The van der Waals surface area contributed by atoms with Gasteiger partial charge >= 0.3 is 6.18 Å². The van der Waals surface area contributed by atoms with Gasteiger partial charge in [-0.15, -0.1) is 0 Å². The zero-order valence-electron chi connectivity index (χ0n) is 15.5. The van der Waals surface area contributed by atoms with Crippen molar-refractivity contribution in [3.8, 4) is 0 Å². The smallest absolute Gasteiger partial charge is 0.370 e.